The van der Waals surface area contributed by atoms with Crippen LogP contribution in [0.1, 0.15) is 30.0 Å². The molecular formula is C27H26ClN5O5. The van der Waals surface area contributed by atoms with Gasteiger partial charge in [0, 0.05) is 48.3 Å². The van der Waals surface area contributed by atoms with Gasteiger partial charge >= 0.3 is 12.0 Å². The number of benzene rings is 2. The van der Waals surface area contributed by atoms with Crippen molar-refractivity contribution < 1.29 is 24.3 Å². The first-order valence-electron chi connectivity index (χ1n) is 11.9. The summed E-state index contributed by atoms with van der Waals surface area (Å²) in [7, 11) is 0. The van der Waals surface area contributed by atoms with Crippen LogP contribution in [0.5, 0.6) is 0 Å². The van der Waals surface area contributed by atoms with E-state index in [0.717, 1.165) is 5.56 Å². The third-order valence-electron chi connectivity index (χ3n) is 6.04. The van der Waals surface area contributed by atoms with Crippen molar-refractivity contribution in [2.75, 3.05) is 16.8 Å². The van der Waals surface area contributed by atoms with Gasteiger partial charge in [0.1, 0.15) is 0 Å². The molecule has 2 aromatic carbocycles. The van der Waals surface area contributed by atoms with Gasteiger partial charge < -0.3 is 26.0 Å². The van der Waals surface area contributed by atoms with Gasteiger partial charge in [-0.1, -0.05) is 35.9 Å². The summed E-state index contributed by atoms with van der Waals surface area (Å²) in [5.74, 6) is -2.38. The molecule has 3 aromatic rings. The van der Waals surface area contributed by atoms with Crippen molar-refractivity contribution in [1.82, 2.24) is 15.6 Å². The Balaban J connectivity index is 1.37. The van der Waals surface area contributed by atoms with E-state index in [4.69, 9.17) is 11.6 Å². The number of carboxylic acid groups (broad SMARTS) is 1. The molecule has 0 spiro atoms. The van der Waals surface area contributed by atoms with Crippen LogP contribution in [-0.4, -0.2) is 40.5 Å². The number of pyridine rings is 1. The van der Waals surface area contributed by atoms with Crippen molar-refractivity contribution >= 4 is 46.8 Å². The summed E-state index contributed by atoms with van der Waals surface area (Å²) in [6.45, 7) is 0.414. The molecule has 1 aromatic heterocycles. The molecule has 1 aliphatic heterocycles. The lowest BCUT2D eigenvalue weighted by atomic mass is 10.0. The molecule has 4 N–H and O–H groups in total. The van der Waals surface area contributed by atoms with E-state index < -0.39 is 29.9 Å². The van der Waals surface area contributed by atoms with E-state index in [1.165, 1.54) is 11.1 Å². The fourth-order valence-corrected chi connectivity index (χ4v) is 4.40. The van der Waals surface area contributed by atoms with E-state index >= 15 is 0 Å². The highest BCUT2D eigenvalue weighted by Gasteiger charge is 2.36. The molecule has 0 aliphatic carbocycles. The third-order valence-corrected chi connectivity index (χ3v) is 6.27. The molecule has 1 fully saturated rings. The van der Waals surface area contributed by atoms with Crippen molar-refractivity contribution in [1.29, 1.82) is 0 Å². The molecule has 2 unspecified atom stereocenters. The molecule has 0 saturated carbocycles. The number of aromatic nitrogens is 1. The molecule has 2 heterocycles. The molecule has 1 aliphatic rings. The van der Waals surface area contributed by atoms with E-state index in [0.29, 0.717) is 22.0 Å². The zero-order valence-corrected chi connectivity index (χ0v) is 21.0. The minimum absolute atomic E-state index is 0.0174. The summed E-state index contributed by atoms with van der Waals surface area (Å²) in [5, 5.41) is 18.1. The van der Waals surface area contributed by atoms with E-state index in [1.807, 2.05) is 6.07 Å². The first kappa shape index (κ1) is 26.6. The summed E-state index contributed by atoms with van der Waals surface area (Å²) in [6.07, 6.45) is 2.73. The minimum atomic E-state index is -1.07. The highest BCUT2D eigenvalue weighted by atomic mass is 35.5. The standard InChI is InChI=1S/C27H26ClN5O5/c28-20-6-1-4-17(10-20)14-30-27(38)31-21-7-2-8-22(12-21)33-16-19(11-24(33)34)26(37)32-23(13-25(35)36)18-5-3-9-29-15-18/h1-10,12,15,19,23H,11,13-14,16H2,(H,32,37)(H,35,36)(H2,30,31,38). The molecule has 0 radical (unpaired) electrons. The fourth-order valence-electron chi connectivity index (χ4n) is 4.19. The number of amides is 4. The Bertz CT molecular complexity index is 1340. The van der Waals surface area contributed by atoms with Gasteiger partial charge in [0.15, 0.2) is 0 Å². The average molecular weight is 536 g/mol. The molecule has 2 atom stereocenters. The zero-order chi connectivity index (χ0) is 27.1. The maximum absolute atomic E-state index is 13.0. The predicted molar refractivity (Wildman–Crippen MR) is 142 cm³/mol. The molecule has 4 amide bonds. The number of aliphatic carboxylic acids is 1. The van der Waals surface area contributed by atoms with Crippen LogP contribution in [-0.2, 0) is 20.9 Å². The summed E-state index contributed by atoms with van der Waals surface area (Å²) in [5.41, 5.74) is 2.43. The van der Waals surface area contributed by atoms with E-state index in [1.54, 1.807) is 60.8 Å². The number of carbonyl (C=O) groups is 4. The average Bonchev–Trinajstić information content (AvgIpc) is 3.29. The van der Waals surface area contributed by atoms with Gasteiger partial charge in [-0.25, -0.2) is 4.79 Å². The molecule has 38 heavy (non-hydrogen) atoms. The summed E-state index contributed by atoms with van der Waals surface area (Å²) >= 11 is 5.97. The van der Waals surface area contributed by atoms with Gasteiger partial charge in [0.2, 0.25) is 11.8 Å². The normalized spacial score (nSPS) is 15.6. The topological polar surface area (TPSA) is 141 Å². The number of hydrogen-bond acceptors (Lipinski definition) is 5. The van der Waals surface area contributed by atoms with Crippen LogP contribution in [0, 0.1) is 5.92 Å². The van der Waals surface area contributed by atoms with E-state index in [-0.39, 0.29) is 31.8 Å². The second kappa shape index (κ2) is 12.2. The van der Waals surface area contributed by atoms with Crippen LogP contribution >= 0.6 is 11.6 Å². The number of anilines is 2. The van der Waals surface area contributed by atoms with Gasteiger partial charge in [-0.15, -0.1) is 0 Å². The lowest BCUT2D eigenvalue weighted by Crippen LogP contribution is -2.36. The smallest absolute Gasteiger partial charge is 0.319 e. The van der Waals surface area contributed by atoms with Crippen molar-refractivity contribution in [3.8, 4) is 0 Å². The van der Waals surface area contributed by atoms with Gasteiger partial charge in [-0.2, -0.15) is 0 Å². The molecular weight excluding hydrogens is 510 g/mol. The molecule has 0 bridgehead atoms. The highest BCUT2D eigenvalue weighted by molar-refractivity contribution is 6.30. The number of halogens is 1. The van der Waals surface area contributed by atoms with E-state index in [2.05, 4.69) is 20.9 Å². The largest absolute Gasteiger partial charge is 0.481 e. The molecule has 196 valence electrons. The maximum atomic E-state index is 13.0. The Morgan fingerprint density at radius 3 is 2.66 bits per heavy atom. The Hall–Kier alpha value is -4.44. The first-order valence-corrected chi connectivity index (χ1v) is 12.3. The van der Waals surface area contributed by atoms with Gasteiger partial charge in [0.25, 0.3) is 0 Å². The quantitative estimate of drug-likeness (QED) is 0.329. The number of rotatable bonds is 9. The van der Waals surface area contributed by atoms with Crippen LogP contribution in [0.2, 0.25) is 5.02 Å². The molecule has 4 rings (SSSR count). The first-order chi connectivity index (χ1) is 18.3. The number of hydrogen-bond donors (Lipinski definition) is 4. The number of carbonyl (C=O) groups excluding carboxylic acids is 3. The Morgan fingerprint density at radius 1 is 1.11 bits per heavy atom. The number of nitrogens with one attached hydrogen (secondary N) is 3. The Labute approximate surface area is 224 Å². The minimum Gasteiger partial charge on any atom is -0.481 e. The number of urea groups is 1. The van der Waals surface area contributed by atoms with Crippen LogP contribution in [0.25, 0.3) is 0 Å². The fraction of sp³-hybridized carbons (Fsp3) is 0.222. The maximum Gasteiger partial charge on any atom is 0.319 e. The molecule has 11 heteroatoms. The summed E-state index contributed by atoms with van der Waals surface area (Å²) < 4.78 is 0. The van der Waals surface area contributed by atoms with Crippen LogP contribution < -0.4 is 20.9 Å². The SMILES string of the molecule is O=C(O)CC(NC(=O)C1CC(=O)N(c2cccc(NC(=O)NCc3cccc(Cl)c3)c2)C1)c1cccnc1. The predicted octanol–water partition coefficient (Wildman–Crippen LogP) is 3.74. The zero-order valence-electron chi connectivity index (χ0n) is 20.3. The van der Waals surface area contributed by atoms with Gasteiger partial charge in [-0.3, -0.25) is 19.4 Å². The third kappa shape index (κ3) is 7.07. The van der Waals surface area contributed by atoms with E-state index in [9.17, 15) is 24.3 Å². The lowest BCUT2D eigenvalue weighted by molar-refractivity contribution is -0.138. The van der Waals surface area contributed by atoms with Crippen LogP contribution in [0.4, 0.5) is 16.2 Å². The number of carboxylic acids is 1. The van der Waals surface area contributed by atoms with Crippen LogP contribution in [0.15, 0.2) is 73.1 Å². The van der Waals surface area contributed by atoms with Gasteiger partial charge in [-0.05, 0) is 47.5 Å². The monoisotopic (exact) mass is 535 g/mol. The molecule has 10 nitrogen and oxygen atoms in total. The second-order valence-corrected chi connectivity index (χ2v) is 9.28. The van der Waals surface area contributed by atoms with Crippen molar-refractivity contribution in [2.45, 2.75) is 25.4 Å². The van der Waals surface area contributed by atoms with Crippen molar-refractivity contribution in [3.63, 3.8) is 0 Å². The highest BCUT2D eigenvalue weighted by Crippen LogP contribution is 2.28. The molecule has 1 saturated heterocycles. The lowest BCUT2D eigenvalue weighted by Gasteiger charge is -2.20. The number of nitrogens with zero attached hydrogens (tertiary/aromatic N) is 2. The van der Waals surface area contributed by atoms with Crippen molar-refractivity contribution in [2.24, 2.45) is 5.92 Å². The van der Waals surface area contributed by atoms with Gasteiger partial charge in [0.05, 0.1) is 18.4 Å². The summed E-state index contributed by atoms with van der Waals surface area (Å²) in [4.78, 5) is 54.9. The summed E-state index contributed by atoms with van der Waals surface area (Å²) in [6, 6.07) is 16.1. The second-order valence-electron chi connectivity index (χ2n) is 8.84. The van der Waals surface area contributed by atoms with Crippen LogP contribution in [0.3, 0.4) is 0 Å². The Morgan fingerprint density at radius 2 is 1.92 bits per heavy atom. The Kier molecular flexibility index (Phi) is 8.55. The van der Waals surface area contributed by atoms with Crippen molar-refractivity contribution in [3.05, 3.63) is 89.2 Å².